The molecule has 1 saturated heterocycles. The van der Waals surface area contributed by atoms with E-state index in [4.69, 9.17) is 0 Å². The second kappa shape index (κ2) is 18.9. The number of carbonyl (C=O) groups excluding carboxylic acids is 2. The van der Waals surface area contributed by atoms with Gasteiger partial charge in [0.25, 0.3) is 0 Å². The van der Waals surface area contributed by atoms with Gasteiger partial charge in [0.05, 0.1) is 5.56 Å². The molecule has 2 amide bonds. The van der Waals surface area contributed by atoms with Crippen molar-refractivity contribution in [1.82, 2.24) is 14.7 Å². The number of allylic oxidation sites excluding steroid dienone is 2. The summed E-state index contributed by atoms with van der Waals surface area (Å²) in [5.74, 6) is -0.608. The molecule has 0 unspecified atom stereocenters. The summed E-state index contributed by atoms with van der Waals surface area (Å²) in [7, 11) is 0. The van der Waals surface area contributed by atoms with Crippen LogP contribution in [0.15, 0.2) is 122 Å². The van der Waals surface area contributed by atoms with Crippen LogP contribution in [-0.2, 0) is 35.2 Å². The van der Waals surface area contributed by atoms with Gasteiger partial charge in [-0.1, -0.05) is 118 Å². The van der Waals surface area contributed by atoms with E-state index in [-0.39, 0.29) is 18.0 Å². The zero-order valence-corrected chi connectivity index (χ0v) is 29.0. The summed E-state index contributed by atoms with van der Waals surface area (Å²) in [4.78, 5) is 34.3. The molecule has 4 rings (SSSR count). The van der Waals surface area contributed by atoms with Gasteiger partial charge < -0.3 is 9.80 Å². The average molecular weight is 684 g/mol. The molecular formula is C42H48F3N3O2. The Morgan fingerprint density at radius 2 is 1.58 bits per heavy atom. The number of amides is 2. The van der Waals surface area contributed by atoms with Crippen LogP contribution in [0.1, 0.15) is 54.0 Å². The van der Waals surface area contributed by atoms with Crippen molar-refractivity contribution in [3.05, 3.63) is 150 Å². The van der Waals surface area contributed by atoms with Gasteiger partial charge in [0, 0.05) is 51.8 Å². The van der Waals surface area contributed by atoms with Crippen molar-refractivity contribution >= 4 is 17.9 Å². The highest BCUT2D eigenvalue weighted by Gasteiger charge is 2.34. The monoisotopic (exact) mass is 683 g/mol. The Labute approximate surface area is 295 Å². The van der Waals surface area contributed by atoms with E-state index in [0.29, 0.717) is 39.1 Å². The van der Waals surface area contributed by atoms with E-state index in [1.807, 2.05) is 59.5 Å². The van der Waals surface area contributed by atoms with E-state index in [1.165, 1.54) is 29.8 Å². The Balaban J connectivity index is 1.64. The maximum atomic E-state index is 14.5. The van der Waals surface area contributed by atoms with Crippen molar-refractivity contribution in [3.63, 3.8) is 0 Å². The lowest BCUT2D eigenvalue weighted by Crippen LogP contribution is -2.56. The SMILES string of the molecule is C=C/C=C(\C=C)CN1CCN(C(=O)[C@H](Cc2ccccc2)N(Cc2ccc(CCCCC)cc2)C(=O)/C=C/c2cccc(C(F)(F)F)c2)CC1. The number of hydrogen-bond donors (Lipinski definition) is 0. The largest absolute Gasteiger partial charge is 0.416 e. The van der Waals surface area contributed by atoms with Crippen molar-refractivity contribution in [2.75, 3.05) is 32.7 Å². The summed E-state index contributed by atoms with van der Waals surface area (Å²) in [5, 5.41) is 0. The molecule has 1 aliphatic rings. The Bertz CT molecular complexity index is 1620. The summed E-state index contributed by atoms with van der Waals surface area (Å²) < 4.78 is 40.2. The fourth-order valence-corrected chi connectivity index (χ4v) is 6.11. The number of hydrogen-bond acceptors (Lipinski definition) is 3. The van der Waals surface area contributed by atoms with Gasteiger partial charge >= 0.3 is 6.18 Å². The molecule has 1 aliphatic heterocycles. The normalized spacial score (nSPS) is 14.8. The minimum atomic E-state index is -4.50. The summed E-state index contributed by atoms with van der Waals surface area (Å²) in [6, 6.07) is 21.7. The molecule has 50 heavy (non-hydrogen) atoms. The second-order valence-corrected chi connectivity index (χ2v) is 12.7. The van der Waals surface area contributed by atoms with E-state index >= 15 is 0 Å². The van der Waals surface area contributed by atoms with Crippen LogP contribution in [-0.4, -0.2) is 65.3 Å². The van der Waals surface area contributed by atoms with Crippen LogP contribution in [0.25, 0.3) is 6.08 Å². The van der Waals surface area contributed by atoms with Crippen molar-refractivity contribution in [2.24, 2.45) is 0 Å². The first-order valence-electron chi connectivity index (χ1n) is 17.3. The summed E-state index contributed by atoms with van der Waals surface area (Å²) in [6.07, 6.45) is 8.28. The van der Waals surface area contributed by atoms with E-state index in [2.05, 4.69) is 37.1 Å². The Hall–Kier alpha value is -4.69. The van der Waals surface area contributed by atoms with Crippen molar-refractivity contribution < 1.29 is 22.8 Å². The summed E-state index contributed by atoms with van der Waals surface area (Å²) >= 11 is 0. The van der Waals surface area contributed by atoms with Gasteiger partial charge in [-0.25, -0.2) is 0 Å². The minimum absolute atomic E-state index is 0.156. The predicted molar refractivity (Wildman–Crippen MR) is 196 cm³/mol. The van der Waals surface area contributed by atoms with Gasteiger partial charge in [0.1, 0.15) is 6.04 Å². The maximum Gasteiger partial charge on any atom is 0.416 e. The van der Waals surface area contributed by atoms with Crippen LogP contribution in [0.3, 0.4) is 0 Å². The topological polar surface area (TPSA) is 43.9 Å². The zero-order chi connectivity index (χ0) is 35.9. The zero-order valence-electron chi connectivity index (χ0n) is 29.0. The van der Waals surface area contributed by atoms with E-state index in [1.54, 1.807) is 11.0 Å². The number of benzene rings is 3. The molecule has 3 aromatic carbocycles. The molecule has 0 aromatic heterocycles. The molecule has 3 aromatic rings. The van der Waals surface area contributed by atoms with Crippen molar-refractivity contribution in [3.8, 4) is 0 Å². The first-order chi connectivity index (χ1) is 24.1. The van der Waals surface area contributed by atoms with Crippen LogP contribution in [0.4, 0.5) is 13.2 Å². The van der Waals surface area contributed by atoms with Crippen molar-refractivity contribution in [2.45, 2.75) is 57.8 Å². The standard InChI is InChI=1S/C42H48F3N3O2/c1-4-7-9-14-34-19-21-37(22-20-34)32-48(40(49)24-23-36-17-12-18-38(29-36)42(43,44)45)39(30-35-15-10-8-11-16-35)41(50)47-27-25-46(26-28-47)31-33(6-3)13-5-2/h5-6,8,10-13,15-24,29,39H,2-4,7,9,14,25-28,30-32H2,1H3/b24-23+,33-13+/t39-/m0/s1. The fraction of sp³-hybridized carbons (Fsp3) is 0.333. The molecule has 0 aliphatic carbocycles. The number of halogens is 3. The predicted octanol–water partition coefficient (Wildman–Crippen LogP) is 8.53. The van der Waals surface area contributed by atoms with E-state index in [0.717, 1.165) is 54.5 Å². The third-order valence-corrected chi connectivity index (χ3v) is 8.98. The lowest BCUT2D eigenvalue weighted by Gasteiger charge is -2.39. The lowest BCUT2D eigenvalue weighted by atomic mass is 10.0. The summed E-state index contributed by atoms with van der Waals surface area (Å²) in [5.41, 5.74) is 3.48. The Kier molecular flexibility index (Phi) is 14.4. The highest BCUT2D eigenvalue weighted by Crippen LogP contribution is 2.30. The number of carbonyl (C=O) groups is 2. The molecule has 5 nitrogen and oxygen atoms in total. The third kappa shape index (κ3) is 11.4. The van der Waals surface area contributed by atoms with Gasteiger partial charge in [-0.05, 0) is 58.9 Å². The number of nitrogens with zero attached hydrogens (tertiary/aromatic N) is 3. The molecule has 0 spiro atoms. The third-order valence-electron chi connectivity index (χ3n) is 8.98. The molecule has 0 radical (unpaired) electrons. The fourth-order valence-electron chi connectivity index (χ4n) is 6.11. The number of unbranched alkanes of at least 4 members (excludes halogenated alkanes) is 2. The first kappa shape index (κ1) is 38.1. The van der Waals surface area contributed by atoms with Crippen LogP contribution >= 0.6 is 0 Å². The molecule has 1 heterocycles. The molecule has 8 heteroatoms. The lowest BCUT2D eigenvalue weighted by molar-refractivity contribution is -0.145. The Morgan fingerprint density at radius 3 is 2.22 bits per heavy atom. The van der Waals surface area contributed by atoms with Crippen molar-refractivity contribution in [1.29, 1.82) is 0 Å². The van der Waals surface area contributed by atoms with Crippen LogP contribution in [0.5, 0.6) is 0 Å². The van der Waals surface area contributed by atoms with Crippen LogP contribution < -0.4 is 0 Å². The molecular weight excluding hydrogens is 635 g/mol. The second-order valence-electron chi connectivity index (χ2n) is 12.7. The molecule has 1 atom stereocenters. The Morgan fingerprint density at radius 1 is 0.880 bits per heavy atom. The van der Waals surface area contributed by atoms with Gasteiger partial charge in [0.2, 0.25) is 11.8 Å². The molecule has 0 saturated carbocycles. The van der Waals surface area contributed by atoms with Gasteiger partial charge in [-0.3, -0.25) is 14.5 Å². The average Bonchev–Trinajstić information content (AvgIpc) is 3.13. The van der Waals surface area contributed by atoms with E-state index in [9.17, 15) is 22.8 Å². The molecule has 0 N–H and O–H groups in total. The maximum absolute atomic E-state index is 14.5. The number of rotatable bonds is 16. The van der Waals surface area contributed by atoms with Gasteiger partial charge in [-0.15, -0.1) is 0 Å². The smallest absolute Gasteiger partial charge is 0.338 e. The molecule has 264 valence electrons. The van der Waals surface area contributed by atoms with Gasteiger partial charge in [-0.2, -0.15) is 13.2 Å². The number of piperazine rings is 1. The molecule has 0 bridgehead atoms. The van der Waals surface area contributed by atoms with E-state index < -0.39 is 23.7 Å². The number of aryl methyl sites for hydroxylation is 1. The molecule has 1 fully saturated rings. The quantitative estimate of drug-likeness (QED) is 0.0864. The van der Waals surface area contributed by atoms with Crippen LogP contribution in [0.2, 0.25) is 0 Å². The minimum Gasteiger partial charge on any atom is -0.338 e. The highest BCUT2D eigenvalue weighted by molar-refractivity contribution is 5.95. The summed E-state index contributed by atoms with van der Waals surface area (Å²) in [6.45, 7) is 13.0. The van der Waals surface area contributed by atoms with Gasteiger partial charge in [0.15, 0.2) is 0 Å². The number of alkyl halides is 3. The van der Waals surface area contributed by atoms with Crippen LogP contribution in [0, 0.1) is 0 Å². The highest BCUT2D eigenvalue weighted by atomic mass is 19.4. The first-order valence-corrected chi connectivity index (χ1v) is 17.3.